The van der Waals surface area contributed by atoms with Crippen LogP contribution in [0.5, 0.6) is 0 Å². The predicted molar refractivity (Wildman–Crippen MR) is 180 cm³/mol. The molecule has 0 saturated carbocycles. The zero-order valence-corrected chi connectivity index (χ0v) is 27.8. The Balaban J connectivity index is 1.27. The minimum absolute atomic E-state index is 0.0939. The second-order valence-electron chi connectivity index (χ2n) is 13.0. The molecule has 1 aromatic carbocycles. The van der Waals surface area contributed by atoms with E-state index in [4.69, 9.17) is 0 Å². The predicted octanol–water partition coefficient (Wildman–Crippen LogP) is 3.80. The van der Waals surface area contributed by atoms with Crippen LogP contribution in [0.25, 0.3) is 5.57 Å². The van der Waals surface area contributed by atoms with Crippen molar-refractivity contribution in [3.05, 3.63) is 81.3 Å². The molecule has 3 aliphatic heterocycles. The van der Waals surface area contributed by atoms with E-state index in [1.165, 1.54) is 12.1 Å². The fourth-order valence-corrected chi connectivity index (χ4v) is 6.67. The lowest BCUT2D eigenvalue weighted by atomic mass is 9.97. The fraction of sp³-hybridized carbons (Fsp3) is 0.471. The van der Waals surface area contributed by atoms with Crippen LogP contribution in [0.4, 0.5) is 34.9 Å². The third kappa shape index (κ3) is 7.78. The largest absolute Gasteiger partial charge is 0.417 e. The summed E-state index contributed by atoms with van der Waals surface area (Å²) in [6.45, 7) is 10.7. The second-order valence-corrected chi connectivity index (χ2v) is 13.0. The second kappa shape index (κ2) is 14.3. The van der Waals surface area contributed by atoms with Crippen molar-refractivity contribution >= 4 is 28.8 Å². The van der Waals surface area contributed by atoms with E-state index >= 15 is 4.39 Å². The summed E-state index contributed by atoms with van der Waals surface area (Å²) in [7, 11) is 2.00. The average molecular weight is 684 g/mol. The molecule has 2 fully saturated rings. The van der Waals surface area contributed by atoms with Crippen LogP contribution < -0.4 is 26.0 Å². The van der Waals surface area contributed by atoms with Crippen molar-refractivity contribution in [1.82, 2.24) is 30.1 Å². The van der Waals surface area contributed by atoms with E-state index in [0.29, 0.717) is 55.9 Å². The monoisotopic (exact) mass is 683 g/mol. The standard InChI is InChI=1S/C34H41F4N9O2/c1-21-18-47(19-22(2)44(21)3)30-14-28(35)25(12-29(30)43-32(49)26-17-40-31(48)13-27(26)34(36,37)38)24-4-8-46(9-5-24)33-41-15-23(16-42-33)20-45-10-6-39-7-11-45/h4,12-17,21-22,39H,5-11,18-20H2,1-3H3,(H,40,48)(H,43,49)/t21-,22?/m1/s1. The average Bonchev–Trinajstić information content (AvgIpc) is 3.08. The maximum atomic E-state index is 16.0. The molecule has 6 rings (SSSR count). The van der Waals surface area contributed by atoms with Gasteiger partial charge < -0.3 is 25.4 Å². The molecule has 3 N–H and O–H groups in total. The first-order chi connectivity index (χ1) is 23.4. The Labute approximate surface area is 282 Å². The van der Waals surface area contributed by atoms with Gasteiger partial charge in [0.1, 0.15) is 5.82 Å². The van der Waals surface area contributed by atoms with E-state index < -0.39 is 34.6 Å². The number of piperazine rings is 2. The molecule has 11 nitrogen and oxygen atoms in total. The zero-order chi connectivity index (χ0) is 34.9. The van der Waals surface area contributed by atoms with E-state index in [1.54, 1.807) is 0 Å². The molecule has 0 radical (unpaired) electrons. The van der Waals surface area contributed by atoms with Gasteiger partial charge in [-0.05, 0) is 45.0 Å². The van der Waals surface area contributed by atoms with Crippen LogP contribution in [0.1, 0.15) is 47.3 Å². The number of H-pyrrole nitrogens is 1. The summed E-state index contributed by atoms with van der Waals surface area (Å²) in [5.74, 6) is -0.998. The van der Waals surface area contributed by atoms with Gasteiger partial charge in [-0.3, -0.25) is 19.4 Å². The lowest BCUT2D eigenvalue weighted by molar-refractivity contribution is -0.138. The number of likely N-dealkylation sites (N-methyl/N-ethyl adjacent to an activating group) is 1. The molecular weight excluding hydrogens is 642 g/mol. The minimum atomic E-state index is -4.94. The highest BCUT2D eigenvalue weighted by Gasteiger charge is 2.36. The van der Waals surface area contributed by atoms with Crippen molar-refractivity contribution in [3.63, 3.8) is 0 Å². The number of alkyl halides is 3. The highest BCUT2D eigenvalue weighted by molar-refractivity contribution is 6.07. The molecule has 0 aliphatic carbocycles. The normalized spacial score (nSPS) is 21.1. The summed E-state index contributed by atoms with van der Waals surface area (Å²) in [6, 6.07) is 3.39. The van der Waals surface area contributed by atoms with Crippen molar-refractivity contribution in [2.24, 2.45) is 0 Å². The maximum absolute atomic E-state index is 16.0. The lowest BCUT2D eigenvalue weighted by Gasteiger charge is -2.44. The summed E-state index contributed by atoms with van der Waals surface area (Å²) in [5, 5.41) is 5.97. The SMILES string of the molecule is CC1CN(c2cc(F)c(C3=CCN(c4ncc(CN5CCNCC5)cn4)CC3)cc2NC(=O)c2c[nH]c(=O)cc2C(F)(F)F)C[C@@H](C)N1C. The molecular formula is C34H41F4N9O2. The summed E-state index contributed by atoms with van der Waals surface area (Å²) in [4.78, 5) is 44.9. The van der Waals surface area contributed by atoms with Gasteiger partial charge in [-0.1, -0.05) is 6.08 Å². The number of amides is 1. The van der Waals surface area contributed by atoms with Crippen LogP contribution in [0.15, 0.2) is 47.7 Å². The van der Waals surface area contributed by atoms with E-state index in [1.807, 2.05) is 49.2 Å². The van der Waals surface area contributed by atoms with Crippen molar-refractivity contribution in [2.45, 2.75) is 45.1 Å². The Morgan fingerprint density at radius 2 is 1.71 bits per heavy atom. The van der Waals surface area contributed by atoms with Gasteiger partial charge in [0.2, 0.25) is 11.5 Å². The Hall–Kier alpha value is -4.34. The maximum Gasteiger partial charge on any atom is 0.417 e. The molecule has 1 amide bonds. The fourth-order valence-electron chi connectivity index (χ4n) is 6.67. The molecule has 5 heterocycles. The third-order valence-electron chi connectivity index (χ3n) is 9.65. The number of hydrogen-bond donors (Lipinski definition) is 3. The molecule has 3 aliphatic rings. The molecule has 15 heteroatoms. The van der Waals surface area contributed by atoms with E-state index in [2.05, 4.69) is 35.4 Å². The Bertz CT molecular complexity index is 1740. The number of nitrogens with zero attached hydrogens (tertiary/aromatic N) is 6. The summed E-state index contributed by atoms with van der Waals surface area (Å²) in [5.41, 5.74) is -0.551. The Kier molecular flexibility index (Phi) is 10.0. The van der Waals surface area contributed by atoms with Crippen LogP contribution in [-0.4, -0.2) is 102 Å². The highest BCUT2D eigenvalue weighted by Crippen LogP contribution is 2.37. The Morgan fingerprint density at radius 1 is 1.02 bits per heavy atom. The first-order valence-corrected chi connectivity index (χ1v) is 16.5. The number of carbonyl (C=O) groups excluding carboxylic acids is 1. The topological polar surface area (TPSA) is 113 Å². The Morgan fingerprint density at radius 3 is 2.35 bits per heavy atom. The van der Waals surface area contributed by atoms with Crippen LogP contribution in [0.2, 0.25) is 0 Å². The molecule has 2 saturated heterocycles. The van der Waals surface area contributed by atoms with Crippen molar-refractivity contribution < 1.29 is 22.4 Å². The van der Waals surface area contributed by atoms with Crippen LogP contribution in [0, 0.1) is 5.82 Å². The van der Waals surface area contributed by atoms with Gasteiger partial charge in [0.25, 0.3) is 5.91 Å². The molecule has 262 valence electrons. The van der Waals surface area contributed by atoms with Crippen molar-refractivity contribution in [3.8, 4) is 0 Å². The minimum Gasteiger partial charge on any atom is -0.367 e. The number of hydrogen-bond acceptors (Lipinski definition) is 9. The van der Waals surface area contributed by atoms with Gasteiger partial charge in [0.05, 0.1) is 22.5 Å². The van der Waals surface area contributed by atoms with Gasteiger partial charge in [0, 0.05) is 107 Å². The number of aromatic nitrogens is 3. The van der Waals surface area contributed by atoms with Crippen LogP contribution in [-0.2, 0) is 12.7 Å². The van der Waals surface area contributed by atoms with Crippen molar-refractivity contribution in [2.75, 3.05) is 74.5 Å². The molecule has 2 aromatic heterocycles. The number of carbonyl (C=O) groups is 1. The van der Waals surface area contributed by atoms with Crippen LogP contribution in [0.3, 0.4) is 0 Å². The summed E-state index contributed by atoms with van der Waals surface area (Å²) in [6.07, 6.45) is 1.83. The number of pyridine rings is 1. The highest BCUT2D eigenvalue weighted by atomic mass is 19.4. The van der Waals surface area contributed by atoms with E-state index in [-0.39, 0.29) is 23.3 Å². The number of nitrogens with one attached hydrogen (secondary N) is 3. The van der Waals surface area contributed by atoms with Crippen molar-refractivity contribution in [1.29, 1.82) is 0 Å². The van der Waals surface area contributed by atoms with Gasteiger partial charge >= 0.3 is 6.18 Å². The van der Waals surface area contributed by atoms with Gasteiger partial charge in [0.15, 0.2) is 0 Å². The first-order valence-electron chi connectivity index (χ1n) is 16.5. The number of aromatic amines is 1. The summed E-state index contributed by atoms with van der Waals surface area (Å²) < 4.78 is 57.5. The first kappa shape index (κ1) is 34.5. The molecule has 2 atom stereocenters. The number of rotatable bonds is 7. The van der Waals surface area contributed by atoms with Crippen LogP contribution >= 0.6 is 0 Å². The van der Waals surface area contributed by atoms with E-state index in [0.717, 1.165) is 44.5 Å². The molecule has 49 heavy (non-hydrogen) atoms. The quantitative estimate of drug-likeness (QED) is 0.321. The smallest absolute Gasteiger partial charge is 0.367 e. The molecule has 0 spiro atoms. The van der Waals surface area contributed by atoms with Gasteiger partial charge in [-0.25, -0.2) is 14.4 Å². The number of halogens is 4. The van der Waals surface area contributed by atoms with Gasteiger partial charge in [-0.15, -0.1) is 0 Å². The molecule has 0 bridgehead atoms. The lowest BCUT2D eigenvalue weighted by Crippen LogP contribution is -2.55. The zero-order valence-electron chi connectivity index (χ0n) is 27.8. The number of benzene rings is 1. The van der Waals surface area contributed by atoms with Gasteiger partial charge in [-0.2, -0.15) is 13.2 Å². The molecule has 1 unspecified atom stereocenters. The summed E-state index contributed by atoms with van der Waals surface area (Å²) >= 11 is 0. The van der Waals surface area contributed by atoms with E-state index in [9.17, 15) is 22.8 Å². The third-order valence-corrected chi connectivity index (χ3v) is 9.65. The molecule has 3 aromatic rings. The number of anilines is 3.